The Kier molecular flexibility index (Phi) is 4.78. The second-order valence-corrected chi connectivity index (χ2v) is 2.50. The summed E-state index contributed by atoms with van der Waals surface area (Å²) in [6.45, 7) is 0.178. The lowest BCUT2D eigenvalue weighted by molar-refractivity contribution is 0.370. The molecule has 0 amide bonds. The van der Waals surface area contributed by atoms with E-state index in [1.54, 1.807) is 0 Å². The highest BCUT2D eigenvalue weighted by molar-refractivity contribution is 5.85. The Morgan fingerprint density at radius 3 is 2.64 bits per heavy atom. The van der Waals surface area contributed by atoms with Crippen molar-refractivity contribution >= 4 is 12.4 Å². The largest absolute Gasteiger partial charge is 0.504 e. The normalized spacial score (nSPS) is 8.64. The molecule has 0 aliphatic rings. The number of aromatic hydroxyl groups is 1. The first-order chi connectivity index (χ1) is 6.22. The van der Waals surface area contributed by atoms with Crippen LogP contribution in [-0.4, -0.2) is 12.2 Å². The first-order valence-corrected chi connectivity index (χ1v) is 3.73. The zero-order valence-corrected chi connectivity index (χ0v) is 8.47. The molecule has 0 spiro atoms. The van der Waals surface area contributed by atoms with Gasteiger partial charge in [-0.25, -0.2) is 0 Å². The van der Waals surface area contributed by atoms with Crippen molar-refractivity contribution in [3.63, 3.8) is 0 Å². The maximum absolute atomic E-state index is 9.49. The van der Waals surface area contributed by atoms with Crippen molar-refractivity contribution in [3.8, 4) is 17.6 Å². The first-order valence-electron chi connectivity index (χ1n) is 3.73. The number of nitrogens with zero attached hydrogens (tertiary/aromatic N) is 1. The Balaban J connectivity index is 0.00000169. The van der Waals surface area contributed by atoms with Gasteiger partial charge in [0.2, 0.25) is 0 Å². The van der Waals surface area contributed by atoms with Crippen LogP contribution in [0.4, 0.5) is 0 Å². The van der Waals surface area contributed by atoms with Crippen LogP contribution in [0, 0.1) is 11.3 Å². The van der Waals surface area contributed by atoms with Gasteiger partial charge in [-0.2, -0.15) is 5.26 Å². The molecule has 0 aliphatic carbocycles. The van der Waals surface area contributed by atoms with Crippen molar-refractivity contribution < 1.29 is 9.84 Å². The van der Waals surface area contributed by atoms with Crippen molar-refractivity contribution in [2.45, 2.75) is 6.54 Å². The van der Waals surface area contributed by atoms with Crippen LogP contribution in [0.5, 0.6) is 11.5 Å². The zero-order valence-electron chi connectivity index (χ0n) is 7.65. The van der Waals surface area contributed by atoms with E-state index in [-0.39, 0.29) is 30.5 Å². The summed E-state index contributed by atoms with van der Waals surface area (Å²) in [6, 6.07) is 4.96. The molecule has 14 heavy (non-hydrogen) atoms. The maximum Gasteiger partial charge on any atom is 0.162 e. The van der Waals surface area contributed by atoms with Gasteiger partial charge >= 0.3 is 0 Å². The molecule has 0 bridgehead atoms. The van der Waals surface area contributed by atoms with Crippen molar-refractivity contribution in [1.82, 2.24) is 0 Å². The second-order valence-electron chi connectivity index (χ2n) is 2.50. The smallest absolute Gasteiger partial charge is 0.162 e. The number of methoxy groups -OCH3 is 1. The van der Waals surface area contributed by atoms with E-state index in [4.69, 9.17) is 15.7 Å². The summed E-state index contributed by atoms with van der Waals surface area (Å²) < 4.78 is 4.87. The van der Waals surface area contributed by atoms with E-state index < -0.39 is 0 Å². The minimum absolute atomic E-state index is 0. The average Bonchev–Trinajstić information content (AvgIpc) is 2.18. The molecular weight excluding hydrogens is 204 g/mol. The average molecular weight is 215 g/mol. The molecule has 0 atom stereocenters. The number of ether oxygens (including phenoxy) is 1. The molecule has 5 heteroatoms. The maximum atomic E-state index is 9.49. The van der Waals surface area contributed by atoms with E-state index in [9.17, 15) is 5.11 Å². The van der Waals surface area contributed by atoms with Crippen LogP contribution >= 0.6 is 12.4 Å². The van der Waals surface area contributed by atoms with Gasteiger partial charge in [-0.05, 0) is 6.07 Å². The predicted molar refractivity (Wildman–Crippen MR) is 54.5 cm³/mol. The summed E-state index contributed by atoms with van der Waals surface area (Å²) >= 11 is 0. The number of phenols is 1. The third-order valence-corrected chi connectivity index (χ3v) is 1.72. The molecule has 0 fully saturated rings. The summed E-state index contributed by atoms with van der Waals surface area (Å²) in [5, 5.41) is 18.1. The van der Waals surface area contributed by atoms with Crippen molar-refractivity contribution in [1.29, 1.82) is 5.26 Å². The highest BCUT2D eigenvalue weighted by Crippen LogP contribution is 2.30. The minimum atomic E-state index is 0. The summed E-state index contributed by atoms with van der Waals surface area (Å²) in [6.07, 6.45) is 0. The van der Waals surface area contributed by atoms with E-state index in [1.165, 1.54) is 19.2 Å². The number of benzene rings is 1. The molecule has 4 nitrogen and oxygen atoms in total. The Morgan fingerprint density at radius 1 is 1.57 bits per heavy atom. The Labute approximate surface area is 88.3 Å². The standard InChI is InChI=1S/C9H10N2O2.ClH/c1-13-8-3-6(4-10)2-7(5-11)9(8)12;/h2-3,12H,5,11H2,1H3;1H. The highest BCUT2D eigenvalue weighted by Gasteiger charge is 2.08. The van der Waals surface area contributed by atoms with Gasteiger partial charge in [-0.15, -0.1) is 12.4 Å². The fourth-order valence-corrected chi connectivity index (χ4v) is 1.04. The number of nitrogens with two attached hydrogens (primary N) is 1. The number of halogens is 1. The monoisotopic (exact) mass is 214 g/mol. The van der Waals surface area contributed by atoms with Gasteiger partial charge in [0.25, 0.3) is 0 Å². The minimum Gasteiger partial charge on any atom is -0.504 e. The zero-order chi connectivity index (χ0) is 9.84. The van der Waals surface area contributed by atoms with Gasteiger partial charge in [0.05, 0.1) is 18.7 Å². The number of nitriles is 1. The Morgan fingerprint density at radius 2 is 2.21 bits per heavy atom. The molecule has 0 aliphatic heterocycles. The van der Waals surface area contributed by atoms with Crippen LogP contribution in [0.3, 0.4) is 0 Å². The molecule has 0 unspecified atom stereocenters. The molecule has 1 aromatic rings. The van der Waals surface area contributed by atoms with Gasteiger partial charge in [-0.1, -0.05) is 0 Å². The van der Waals surface area contributed by atoms with Gasteiger partial charge in [0.1, 0.15) is 0 Å². The van der Waals surface area contributed by atoms with E-state index in [2.05, 4.69) is 0 Å². The van der Waals surface area contributed by atoms with Crippen LogP contribution in [-0.2, 0) is 6.54 Å². The van der Waals surface area contributed by atoms with E-state index in [0.29, 0.717) is 11.1 Å². The molecule has 1 rings (SSSR count). The van der Waals surface area contributed by atoms with Crippen LogP contribution in [0.1, 0.15) is 11.1 Å². The molecule has 0 radical (unpaired) electrons. The van der Waals surface area contributed by atoms with Gasteiger partial charge in [0, 0.05) is 18.2 Å². The summed E-state index contributed by atoms with van der Waals surface area (Å²) in [5.41, 5.74) is 6.31. The van der Waals surface area contributed by atoms with Gasteiger partial charge in [0.15, 0.2) is 11.5 Å². The molecular formula is C9H11ClN2O2. The summed E-state index contributed by atoms with van der Waals surface area (Å²) in [5.74, 6) is 0.281. The number of rotatable bonds is 2. The quantitative estimate of drug-likeness (QED) is 0.774. The van der Waals surface area contributed by atoms with Crippen LogP contribution in [0.25, 0.3) is 0 Å². The fraction of sp³-hybridized carbons (Fsp3) is 0.222. The molecule has 76 valence electrons. The number of hydrogen-bond donors (Lipinski definition) is 2. The summed E-state index contributed by atoms with van der Waals surface area (Å²) in [7, 11) is 1.43. The third kappa shape index (κ3) is 2.28. The molecule has 1 aromatic carbocycles. The SMILES string of the molecule is COc1cc(C#N)cc(CN)c1O.Cl. The summed E-state index contributed by atoms with van der Waals surface area (Å²) in [4.78, 5) is 0. The van der Waals surface area contributed by atoms with Crippen molar-refractivity contribution in [3.05, 3.63) is 23.3 Å². The number of hydrogen-bond acceptors (Lipinski definition) is 4. The molecule has 0 saturated carbocycles. The third-order valence-electron chi connectivity index (χ3n) is 1.72. The molecule has 0 aromatic heterocycles. The topological polar surface area (TPSA) is 79.3 Å². The Hall–Kier alpha value is -1.44. The van der Waals surface area contributed by atoms with Crippen LogP contribution < -0.4 is 10.5 Å². The second kappa shape index (κ2) is 5.32. The van der Waals surface area contributed by atoms with Crippen LogP contribution in [0.15, 0.2) is 12.1 Å². The van der Waals surface area contributed by atoms with E-state index in [1.807, 2.05) is 6.07 Å². The Bertz CT molecular complexity index is 335. The van der Waals surface area contributed by atoms with Crippen molar-refractivity contribution in [2.24, 2.45) is 5.73 Å². The van der Waals surface area contributed by atoms with E-state index >= 15 is 0 Å². The fourth-order valence-electron chi connectivity index (χ4n) is 1.04. The highest BCUT2D eigenvalue weighted by atomic mass is 35.5. The van der Waals surface area contributed by atoms with Crippen molar-refractivity contribution in [2.75, 3.05) is 7.11 Å². The lowest BCUT2D eigenvalue weighted by atomic mass is 10.1. The lowest BCUT2D eigenvalue weighted by Gasteiger charge is -2.07. The number of phenolic OH excluding ortho intramolecular Hbond substituents is 1. The molecule has 0 heterocycles. The first kappa shape index (κ1) is 12.6. The van der Waals surface area contributed by atoms with Gasteiger partial charge in [-0.3, -0.25) is 0 Å². The molecule has 0 saturated heterocycles. The van der Waals surface area contributed by atoms with Gasteiger partial charge < -0.3 is 15.6 Å². The predicted octanol–water partition coefficient (Wildman–Crippen LogP) is 1.15. The molecule has 3 N–H and O–H groups in total. The lowest BCUT2D eigenvalue weighted by Crippen LogP contribution is -1.98. The van der Waals surface area contributed by atoms with Crippen LogP contribution in [0.2, 0.25) is 0 Å². The van der Waals surface area contributed by atoms with E-state index in [0.717, 1.165) is 0 Å².